The molecule has 0 fully saturated rings. The molecular formula is C52H31N3O2S. The van der Waals surface area contributed by atoms with Crippen molar-refractivity contribution in [1.82, 2.24) is 9.97 Å². The van der Waals surface area contributed by atoms with E-state index in [1.165, 1.54) is 25.7 Å². The second-order valence-corrected chi connectivity index (χ2v) is 15.6. The van der Waals surface area contributed by atoms with Gasteiger partial charge in [0.25, 0.3) is 0 Å². The molecule has 272 valence electrons. The maximum absolute atomic E-state index is 6.58. The summed E-state index contributed by atoms with van der Waals surface area (Å²) >= 11 is 1.84. The molecular weight excluding hydrogens is 731 g/mol. The number of rotatable bonds is 6. The summed E-state index contributed by atoms with van der Waals surface area (Å²) in [4.78, 5) is 12.9. The third kappa shape index (κ3) is 5.16. The summed E-state index contributed by atoms with van der Waals surface area (Å²) in [7, 11) is 0. The summed E-state index contributed by atoms with van der Waals surface area (Å²) in [6.07, 6.45) is 0. The molecule has 0 N–H and O–H groups in total. The minimum atomic E-state index is 0.614. The Morgan fingerprint density at radius 3 is 1.97 bits per heavy atom. The fourth-order valence-electron chi connectivity index (χ4n) is 8.44. The molecule has 4 heterocycles. The molecule has 12 rings (SSSR count). The van der Waals surface area contributed by atoms with Gasteiger partial charge in [0.1, 0.15) is 28.0 Å². The number of hydrogen-bond donors (Lipinski definition) is 0. The smallest absolute Gasteiger partial charge is 0.180 e. The number of para-hydroxylation sites is 3. The van der Waals surface area contributed by atoms with Crippen molar-refractivity contribution >= 4 is 92.6 Å². The van der Waals surface area contributed by atoms with Gasteiger partial charge < -0.3 is 13.7 Å². The summed E-state index contributed by atoms with van der Waals surface area (Å²) in [6, 6.07) is 65.4. The van der Waals surface area contributed by atoms with Crippen molar-refractivity contribution in [3.8, 4) is 33.8 Å². The van der Waals surface area contributed by atoms with Crippen LogP contribution >= 0.6 is 11.3 Å². The van der Waals surface area contributed by atoms with Gasteiger partial charge in [0.15, 0.2) is 11.4 Å². The molecule has 0 spiro atoms. The Morgan fingerprint density at radius 1 is 0.448 bits per heavy atom. The van der Waals surface area contributed by atoms with E-state index in [0.29, 0.717) is 11.4 Å². The SMILES string of the molecule is c1ccc(N(c2ccccc2)c2cccc3oc4ccc(-c5nc(-c6cccc(-c7cccc8c7sc7ccccc78)c6)c6oc7ccccc7c6n5)cc4c23)cc1. The second kappa shape index (κ2) is 13.0. The summed E-state index contributed by atoms with van der Waals surface area (Å²) in [5.41, 5.74) is 11.9. The lowest BCUT2D eigenvalue weighted by molar-refractivity contribution is 0.667. The van der Waals surface area contributed by atoms with Gasteiger partial charge in [-0.05, 0) is 90.0 Å². The minimum Gasteiger partial charge on any atom is -0.456 e. The van der Waals surface area contributed by atoms with E-state index in [1.807, 2.05) is 53.8 Å². The van der Waals surface area contributed by atoms with Crippen LogP contribution in [0.2, 0.25) is 0 Å². The molecule has 0 saturated heterocycles. The Bertz CT molecular complexity index is 3490. The molecule has 0 radical (unpaired) electrons. The van der Waals surface area contributed by atoms with E-state index in [-0.39, 0.29) is 0 Å². The van der Waals surface area contributed by atoms with Crippen LogP contribution in [-0.2, 0) is 0 Å². The largest absolute Gasteiger partial charge is 0.456 e. The Kier molecular flexibility index (Phi) is 7.33. The summed E-state index contributed by atoms with van der Waals surface area (Å²) < 4.78 is 15.7. The molecule has 0 aliphatic rings. The van der Waals surface area contributed by atoms with Crippen LogP contribution in [0, 0.1) is 0 Å². The van der Waals surface area contributed by atoms with Crippen molar-refractivity contribution in [2.24, 2.45) is 0 Å². The van der Waals surface area contributed by atoms with Crippen molar-refractivity contribution in [1.29, 1.82) is 0 Å². The van der Waals surface area contributed by atoms with E-state index >= 15 is 0 Å². The number of thiophene rings is 1. The lowest BCUT2D eigenvalue weighted by Gasteiger charge is -2.26. The van der Waals surface area contributed by atoms with Crippen LogP contribution in [0.15, 0.2) is 197 Å². The number of anilines is 3. The average molecular weight is 762 g/mol. The van der Waals surface area contributed by atoms with Gasteiger partial charge in [-0.1, -0.05) is 109 Å². The van der Waals surface area contributed by atoms with Gasteiger partial charge in [-0.15, -0.1) is 11.3 Å². The summed E-state index contributed by atoms with van der Waals surface area (Å²) in [5.74, 6) is 0.614. The molecule has 0 aliphatic heterocycles. The fourth-order valence-corrected chi connectivity index (χ4v) is 9.68. The van der Waals surface area contributed by atoms with Crippen molar-refractivity contribution in [2.75, 3.05) is 4.90 Å². The van der Waals surface area contributed by atoms with Crippen molar-refractivity contribution < 1.29 is 8.83 Å². The number of aromatic nitrogens is 2. The zero-order chi connectivity index (χ0) is 38.2. The minimum absolute atomic E-state index is 0.614. The molecule has 5 nitrogen and oxygen atoms in total. The lowest BCUT2D eigenvalue weighted by atomic mass is 9.99. The van der Waals surface area contributed by atoms with Crippen LogP contribution in [0.3, 0.4) is 0 Å². The van der Waals surface area contributed by atoms with Crippen LogP contribution in [0.1, 0.15) is 0 Å². The van der Waals surface area contributed by atoms with Gasteiger partial charge in [-0.2, -0.15) is 0 Å². The molecule has 0 saturated carbocycles. The van der Waals surface area contributed by atoms with E-state index < -0.39 is 0 Å². The zero-order valence-corrected chi connectivity index (χ0v) is 31.8. The normalized spacial score (nSPS) is 11.8. The maximum atomic E-state index is 6.58. The zero-order valence-electron chi connectivity index (χ0n) is 31.0. The van der Waals surface area contributed by atoms with E-state index in [9.17, 15) is 0 Å². The van der Waals surface area contributed by atoms with Gasteiger partial charge >= 0.3 is 0 Å². The third-order valence-corrected chi connectivity index (χ3v) is 12.3. The summed E-state index contributed by atoms with van der Waals surface area (Å²) in [5, 5.41) is 5.51. The van der Waals surface area contributed by atoms with E-state index in [1.54, 1.807) is 0 Å². The van der Waals surface area contributed by atoms with Gasteiger partial charge in [0, 0.05) is 53.4 Å². The highest BCUT2D eigenvalue weighted by Crippen LogP contribution is 2.45. The fraction of sp³-hybridized carbons (Fsp3) is 0. The Hall–Kier alpha value is -7.54. The highest BCUT2D eigenvalue weighted by molar-refractivity contribution is 7.26. The van der Waals surface area contributed by atoms with Gasteiger partial charge in [0.2, 0.25) is 0 Å². The van der Waals surface area contributed by atoms with E-state index in [2.05, 4.69) is 150 Å². The monoisotopic (exact) mass is 761 g/mol. The highest BCUT2D eigenvalue weighted by Gasteiger charge is 2.22. The van der Waals surface area contributed by atoms with Crippen molar-refractivity contribution in [3.63, 3.8) is 0 Å². The molecule has 6 heteroatoms. The first-order valence-electron chi connectivity index (χ1n) is 19.3. The Morgan fingerprint density at radius 2 is 1.12 bits per heavy atom. The Labute approximate surface area is 336 Å². The number of nitrogens with zero attached hydrogens (tertiary/aromatic N) is 3. The molecule has 0 atom stereocenters. The first-order valence-corrected chi connectivity index (χ1v) is 20.1. The van der Waals surface area contributed by atoms with Crippen molar-refractivity contribution in [3.05, 3.63) is 188 Å². The standard InChI is InChI=1S/C52H31N3O2S/c1-3-16-35(17-4-1)55(36-18-5-2-6-19-36)42-24-13-26-45-47(42)41-31-34(28-29-44(41)56-45)52-53-48(50-49(54-52)40-21-7-9-25-43(40)57-50)33-15-11-14-32(30-33)37-22-12-23-39-38-20-8-10-27-46(38)58-51(37)39/h1-31H. The maximum Gasteiger partial charge on any atom is 0.180 e. The average Bonchev–Trinajstić information content (AvgIpc) is 3.98. The number of benzene rings is 8. The number of furan rings is 2. The van der Waals surface area contributed by atoms with Crippen LogP contribution in [0.25, 0.3) is 98.0 Å². The molecule has 12 aromatic rings. The highest BCUT2D eigenvalue weighted by atomic mass is 32.1. The first kappa shape index (κ1) is 32.7. The van der Waals surface area contributed by atoms with Gasteiger partial charge in [-0.25, -0.2) is 9.97 Å². The first-order chi connectivity index (χ1) is 28.7. The summed E-state index contributed by atoms with van der Waals surface area (Å²) in [6.45, 7) is 0. The van der Waals surface area contributed by atoms with Crippen LogP contribution in [-0.4, -0.2) is 9.97 Å². The number of fused-ring (bicyclic) bond motifs is 9. The molecule has 4 aromatic heterocycles. The molecule has 0 amide bonds. The topological polar surface area (TPSA) is 55.3 Å². The van der Waals surface area contributed by atoms with E-state index in [0.717, 1.165) is 77.9 Å². The molecule has 0 unspecified atom stereocenters. The van der Waals surface area contributed by atoms with Crippen molar-refractivity contribution in [2.45, 2.75) is 0 Å². The lowest BCUT2D eigenvalue weighted by Crippen LogP contribution is -2.09. The molecule has 0 aliphatic carbocycles. The van der Waals surface area contributed by atoms with Crippen LogP contribution < -0.4 is 4.90 Å². The molecule has 58 heavy (non-hydrogen) atoms. The second-order valence-electron chi connectivity index (χ2n) is 14.5. The predicted octanol–water partition coefficient (Wildman–Crippen LogP) is 15.1. The quantitative estimate of drug-likeness (QED) is 0.169. The van der Waals surface area contributed by atoms with E-state index in [4.69, 9.17) is 18.8 Å². The number of hydrogen-bond acceptors (Lipinski definition) is 6. The predicted molar refractivity (Wildman–Crippen MR) is 240 cm³/mol. The van der Waals surface area contributed by atoms with Gasteiger partial charge in [0.05, 0.1) is 11.1 Å². The molecule has 0 bridgehead atoms. The third-order valence-electron chi connectivity index (χ3n) is 11.1. The van der Waals surface area contributed by atoms with Crippen LogP contribution in [0.4, 0.5) is 17.1 Å². The van der Waals surface area contributed by atoms with Gasteiger partial charge in [-0.3, -0.25) is 0 Å². The van der Waals surface area contributed by atoms with Crippen LogP contribution in [0.5, 0.6) is 0 Å². The Balaban J connectivity index is 1.06. The molecule has 8 aromatic carbocycles.